The number of carbonyl (C=O) groups is 3. The maximum absolute atomic E-state index is 13.2. The summed E-state index contributed by atoms with van der Waals surface area (Å²) in [5.41, 5.74) is 5.84. The predicted molar refractivity (Wildman–Crippen MR) is 128 cm³/mol. The molecule has 1 fully saturated rings. The topological polar surface area (TPSA) is 71.4 Å². The monoisotopic (exact) mass is 491 g/mol. The summed E-state index contributed by atoms with van der Waals surface area (Å²) in [6, 6.07) is 14.3. The minimum Gasteiger partial charge on any atom is -0.317 e. The zero-order valence-electron chi connectivity index (χ0n) is 18.2. The number of anilines is 1. The molecule has 0 aliphatic carbocycles. The largest absolute Gasteiger partial charge is 0.335 e. The van der Waals surface area contributed by atoms with Gasteiger partial charge in [0.05, 0.1) is 11.4 Å². The Labute approximate surface area is 194 Å². The molecule has 6 nitrogen and oxygen atoms in total. The number of para-hydroxylation sites is 1. The lowest BCUT2D eigenvalue weighted by molar-refractivity contribution is -0.122. The van der Waals surface area contributed by atoms with Crippen LogP contribution in [0.3, 0.4) is 0 Å². The van der Waals surface area contributed by atoms with Gasteiger partial charge in [0.1, 0.15) is 5.57 Å². The Morgan fingerprint density at radius 2 is 1.62 bits per heavy atom. The summed E-state index contributed by atoms with van der Waals surface area (Å²) < 4.78 is 2.98. The normalized spacial score (nSPS) is 15.5. The SMILES string of the molecule is Cc1ccc(N2C(=O)NC(=O)/C(=C\c3cc(C)n(-c4ccccc4Br)c3C)C2=O)cc1C. The van der Waals surface area contributed by atoms with E-state index in [-0.39, 0.29) is 5.57 Å². The molecule has 7 heteroatoms. The summed E-state index contributed by atoms with van der Waals surface area (Å²) in [7, 11) is 0. The van der Waals surface area contributed by atoms with Gasteiger partial charge in [-0.25, -0.2) is 9.69 Å². The number of aromatic nitrogens is 1. The van der Waals surface area contributed by atoms with E-state index in [0.29, 0.717) is 5.69 Å². The summed E-state index contributed by atoms with van der Waals surface area (Å²) in [6.07, 6.45) is 1.55. The Morgan fingerprint density at radius 3 is 2.31 bits per heavy atom. The molecule has 1 aliphatic heterocycles. The van der Waals surface area contributed by atoms with Crippen LogP contribution >= 0.6 is 15.9 Å². The second-order valence-corrected chi connectivity index (χ2v) is 8.69. The molecule has 0 saturated carbocycles. The molecule has 2 aromatic carbocycles. The van der Waals surface area contributed by atoms with E-state index < -0.39 is 17.8 Å². The molecule has 4 amide bonds. The van der Waals surface area contributed by atoms with Gasteiger partial charge < -0.3 is 4.57 Å². The van der Waals surface area contributed by atoms with E-state index in [9.17, 15) is 14.4 Å². The zero-order valence-corrected chi connectivity index (χ0v) is 19.8. The minimum atomic E-state index is -0.751. The smallest absolute Gasteiger partial charge is 0.317 e. The summed E-state index contributed by atoms with van der Waals surface area (Å²) in [5.74, 6) is -1.35. The van der Waals surface area contributed by atoms with Gasteiger partial charge in [-0.1, -0.05) is 18.2 Å². The van der Waals surface area contributed by atoms with Crippen molar-refractivity contribution in [1.29, 1.82) is 0 Å². The number of urea groups is 1. The summed E-state index contributed by atoms with van der Waals surface area (Å²) in [4.78, 5) is 39.3. The van der Waals surface area contributed by atoms with Crippen molar-refractivity contribution in [2.75, 3.05) is 4.90 Å². The second kappa shape index (κ2) is 8.24. The molecular weight excluding hydrogens is 470 g/mol. The fourth-order valence-electron chi connectivity index (χ4n) is 3.85. The van der Waals surface area contributed by atoms with E-state index in [4.69, 9.17) is 0 Å². The van der Waals surface area contributed by atoms with Crippen LogP contribution in [0, 0.1) is 27.7 Å². The van der Waals surface area contributed by atoms with E-state index in [1.54, 1.807) is 18.2 Å². The molecular formula is C25H22BrN3O3. The number of carbonyl (C=O) groups excluding carboxylic acids is 3. The van der Waals surface area contributed by atoms with Gasteiger partial charge in [0.15, 0.2) is 0 Å². The Bertz CT molecular complexity index is 1320. The van der Waals surface area contributed by atoms with Gasteiger partial charge in [0, 0.05) is 15.9 Å². The fourth-order valence-corrected chi connectivity index (χ4v) is 4.31. The van der Waals surface area contributed by atoms with E-state index in [2.05, 4.69) is 21.2 Å². The van der Waals surface area contributed by atoms with Crippen molar-refractivity contribution < 1.29 is 14.4 Å². The number of nitrogens with one attached hydrogen (secondary N) is 1. The number of hydrogen-bond donors (Lipinski definition) is 1. The maximum atomic E-state index is 13.2. The average molecular weight is 492 g/mol. The quantitative estimate of drug-likeness (QED) is 0.407. The van der Waals surface area contributed by atoms with Crippen molar-refractivity contribution in [3.05, 3.63) is 86.7 Å². The van der Waals surface area contributed by atoms with Crippen LogP contribution in [0.4, 0.5) is 10.5 Å². The molecule has 1 aromatic heterocycles. The van der Waals surface area contributed by atoms with E-state index in [0.717, 1.165) is 43.1 Å². The highest BCUT2D eigenvalue weighted by Gasteiger charge is 2.37. The molecule has 162 valence electrons. The molecule has 0 spiro atoms. The molecule has 0 bridgehead atoms. The van der Waals surface area contributed by atoms with E-state index in [1.165, 1.54) is 0 Å². The molecule has 4 rings (SSSR count). The predicted octanol–water partition coefficient (Wildman–Crippen LogP) is 5.14. The highest BCUT2D eigenvalue weighted by atomic mass is 79.9. The molecule has 3 aromatic rings. The second-order valence-electron chi connectivity index (χ2n) is 7.84. The standard InChI is InChI=1S/C25H22BrN3O3/c1-14-9-10-19(11-15(14)2)29-24(31)20(23(30)27-25(29)32)13-18-12-16(3)28(17(18)4)22-8-6-5-7-21(22)26/h5-13H,1-4H3,(H,27,30,32)/b20-13+. The molecule has 1 saturated heterocycles. The van der Waals surface area contributed by atoms with Crippen molar-refractivity contribution >= 4 is 45.5 Å². The lowest BCUT2D eigenvalue weighted by Crippen LogP contribution is -2.54. The average Bonchev–Trinajstić information content (AvgIpc) is 3.01. The zero-order chi connectivity index (χ0) is 23.2. The number of imide groups is 2. The van der Waals surface area contributed by atoms with Crippen molar-refractivity contribution in [3.8, 4) is 5.69 Å². The molecule has 0 unspecified atom stereocenters. The van der Waals surface area contributed by atoms with Gasteiger partial charge in [-0.05, 0) is 96.7 Å². The Morgan fingerprint density at radius 1 is 0.906 bits per heavy atom. The molecule has 1 N–H and O–H groups in total. The molecule has 2 heterocycles. The van der Waals surface area contributed by atoms with Crippen molar-refractivity contribution in [3.63, 3.8) is 0 Å². The lowest BCUT2D eigenvalue weighted by atomic mass is 10.1. The van der Waals surface area contributed by atoms with Crippen molar-refractivity contribution in [2.24, 2.45) is 0 Å². The number of halogens is 1. The highest BCUT2D eigenvalue weighted by Crippen LogP contribution is 2.29. The van der Waals surface area contributed by atoms with E-state index in [1.807, 2.05) is 68.7 Å². The van der Waals surface area contributed by atoms with Gasteiger partial charge in [-0.3, -0.25) is 14.9 Å². The molecule has 32 heavy (non-hydrogen) atoms. The first-order chi connectivity index (χ1) is 15.2. The van der Waals surface area contributed by atoms with Crippen LogP contribution < -0.4 is 10.2 Å². The number of rotatable bonds is 3. The number of hydrogen-bond acceptors (Lipinski definition) is 3. The van der Waals surface area contributed by atoms with Crippen LogP contribution in [0.2, 0.25) is 0 Å². The van der Waals surface area contributed by atoms with Crippen LogP contribution in [0.25, 0.3) is 11.8 Å². The maximum Gasteiger partial charge on any atom is 0.335 e. The number of aryl methyl sites for hydroxylation is 3. The third-order valence-corrected chi connectivity index (χ3v) is 6.38. The third kappa shape index (κ3) is 3.69. The Balaban J connectivity index is 1.78. The van der Waals surface area contributed by atoms with Gasteiger partial charge >= 0.3 is 6.03 Å². The molecule has 1 aliphatic rings. The van der Waals surface area contributed by atoms with Crippen LogP contribution in [0.5, 0.6) is 0 Å². The van der Waals surface area contributed by atoms with Gasteiger partial charge in [-0.2, -0.15) is 0 Å². The highest BCUT2D eigenvalue weighted by molar-refractivity contribution is 9.10. The fraction of sp³-hybridized carbons (Fsp3) is 0.160. The Kier molecular flexibility index (Phi) is 5.60. The number of nitrogens with zero attached hydrogens (tertiary/aromatic N) is 2. The number of barbiturate groups is 1. The lowest BCUT2D eigenvalue weighted by Gasteiger charge is -2.26. The van der Waals surface area contributed by atoms with Gasteiger partial charge in [0.25, 0.3) is 11.8 Å². The Hall–Kier alpha value is -3.45. The molecule has 0 atom stereocenters. The van der Waals surface area contributed by atoms with Crippen LogP contribution in [-0.2, 0) is 9.59 Å². The van der Waals surface area contributed by atoms with Gasteiger partial charge in [0.2, 0.25) is 0 Å². The summed E-state index contributed by atoms with van der Waals surface area (Å²) >= 11 is 3.58. The van der Waals surface area contributed by atoms with Crippen molar-refractivity contribution in [1.82, 2.24) is 9.88 Å². The first-order valence-electron chi connectivity index (χ1n) is 10.1. The minimum absolute atomic E-state index is 0.0878. The first kappa shape index (κ1) is 21.8. The summed E-state index contributed by atoms with van der Waals surface area (Å²) in [6.45, 7) is 7.75. The van der Waals surface area contributed by atoms with Gasteiger partial charge in [-0.15, -0.1) is 0 Å². The number of benzene rings is 2. The van der Waals surface area contributed by atoms with Crippen LogP contribution in [0.15, 0.2) is 58.6 Å². The van der Waals surface area contributed by atoms with E-state index >= 15 is 0 Å². The van der Waals surface area contributed by atoms with Crippen molar-refractivity contribution in [2.45, 2.75) is 27.7 Å². The summed E-state index contributed by atoms with van der Waals surface area (Å²) in [5, 5.41) is 2.29. The third-order valence-electron chi connectivity index (χ3n) is 5.71. The number of amides is 4. The first-order valence-corrected chi connectivity index (χ1v) is 10.9. The molecule has 0 radical (unpaired) electrons. The van der Waals surface area contributed by atoms with Crippen LogP contribution in [-0.4, -0.2) is 22.4 Å². The van der Waals surface area contributed by atoms with Crippen LogP contribution in [0.1, 0.15) is 28.1 Å².